The molecule has 11 heavy (non-hydrogen) atoms. The topological polar surface area (TPSA) is 32.6 Å². The van der Waals surface area contributed by atoms with Crippen LogP contribution in [0.4, 0.5) is 0 Å². The summed E-state index contributed by atoms with van der Waals surface area (Å²) in [5.74, 6) is 0. The molecule has 0 fully saturated rings. The molecule has 0 aliphatic carbocycles. The summed E-state index contributed by atoms with van der Waals surface area (Å²) in [7, 11) is 0. The van der Waals surface area contributed by atoms with Crippen LogP contribution in [0.15, 0.2) is 25.3 Å². The van der Waals surface area contributed by atoms with Gasteiger partial charge in [0.2, 0.25) is 6.33 Å². The lowest BCUT2D eigenvalue weighted by molar-refractivity contribution is -0.567. The van der Waals surface area contributed by atoms with Gasteiger partial charge in [-0.25, -0.2) is 9.13 Å². The fraction of sp³-hybridized carbons (Fsp3) is 0.143. The van der Waals surface area contributed by atoms with Crippen molar-refractivity contribution in [2.24, 2.45) is 0 Å². The van der Waals surface area contributed by atoms with Gasteiger partial charge in [-0.2, -0.15) is 5.26 Å². The first-order valence-electron chi connectivity index (χ1n) is 2.93. The molecule has 0 atom stereocenters. The average Bonchev–Trinajstić information content (AvgIpc) is 2.37. The van der Waals surface area contributed by atoms with Crippen LogP contribution in [0.3, 0.4) is 0 Å². The van der Waals surface area contributed by atoms with Gasteiger partial charge in [0.05, 0.1) is 6.20 Å². The third kappa shape index (κ3) is 2.56. The zero-order chi connectivity index (χ0) is 7.40. The molecular weight excluding hydrogens is 206 g/mol. The highest BCUT2D eigenvalue weighted by Gasteiger charge is 1.96. The fourth-order valence-electron chi connectivity index (χ4n) is 0.694. The minimum atomic E-state index is 0. The predicted molar refractivity (Wildman–Crippen MR) is 36.6 cm³/mol. The number of nitrogens with zero attached hydrogens (tertiary/aromatic N) is 3. The highest BCUT2D eigenvalue weighted by atomic mass is 79.9. The maximum absolute atomic E-state index is 8.30. The molecule has 0 N–H and O–H groups in total. The Kier molecular flexibility index (Phi) is 4.23. The van der Waals surface area contributed by atoms with E-state index < -0.39 is 0 Å². The first-order chi connectivity index (χ1) is 4.86. The van der Waals surface area contributed by atoms with Crippen molar-refractivity contribution >= 4 is 6.20 Å². The number of aromatic nitrogens is 2. The lowest BCUT2D eigenvalue weighted by Gasteiger charge is -1.80. The van der Waals surface area contributed by atoms with E-state index in [0.29, 0.717) is 6.54 Å². The van der Waals surface area contributed by atoms with Crippen LogP contribution in [-0.2, 0) is 6.54 Å². The summed E-state index contributed by atoms with van der Waals surface area (Å²) in [6.45, 7) is 3.96. The number of hydrogen-bond acceptors (Lipinski definition) is 1. The van der Waals surface area contributed by atoms with Gasteiger partial charge < -0.3 is 17.0 Å². The van der Waals surface area contributed by atoms with Crippen LogP contribution < -0.4 is 21.5 Å². The van der Waals surface area contributed by atoms with Crippen LogP contribution in [0, 0.1) is 11.3 Å². The maximum Gasteiger partial charge on any atom is 0.249 e. The molecular formula is C7H8BrN3. The molecule has 1 aromatic heterocycles. The average molecular weight is 214 g/mol. The molecule has 0 saturated heterocycles. The van der Waals surface area contributed by atoms with E-state index in [2.05, 4.69) is 6.58 Å². The Morgan fingerprint density at radius 1 is 1.73 bits per heavy atom. The zero-order valence-electron chi connectivity index (χ0n) is 5.94. The number of imidazole rings is 1. The van der Waals surface area contributed by atoms with Crippen LogP contribution in [0.25, 0.3) is 6.20 Å². The maximum atomic E-state index is 8.30. The van der Waals surface area contributed by atoms with Gasteiger partial charge in [-0.15, -0.1) is 0 Å². The van der Waals surface area contributed by atoms with Crippen molar-refractivity contribution in [3.8, 4) is 6.07 Å². The molecule has 0 saturated carbocycles. The number of halogens is 1. The summed E-state index contributed by atoms with van der Waals surface area (Å²) >= 11 is 0. The van der Waals surface area contributed by atoms with Crippen LogP contribution in [0.2, 0.25) is 0 Å². The highest BCUT2D eigenvalue weighted by molar-refractivity contribution is 4.95. The van der Waals surface area contributed by atoms with Crippen molar-refractivity contribution in [1.82, 2.24) is 4.57 Å². The second-order valence-corrected chi connectivity index (χ2v) is 1.87. The van der Waals surface area contributed by atoms with Crippen LogP contribution in [-0.4, -0.2) is 4.57 Å². The summed E-state index contributed by atoms with van der Waals surface area (Å²) in [4.78, 5) is 0. The van der Waals surface area contributed by atoms with E-state index >= 15 is 0 Å². The van der Waals surface area contributed by atoms with Gasteiger partial charge in [0, 0.05) is 0 Å². The molecule has 3 nitrogen and oxygen atoms in total. The Morgan fingerprint density at radius 2 is 2.45 bits per heavy atom. The monoisotopic (exact) mass is 213 g/mol. The molecule has 58 valence electrons. The summed E-state index contributed by atoms with van der Waals surface area (Å²) in [6.07, 6.45) is 7.14. The molecule has 1 rings (SSSR count). The normalized spacial score (nSPS) is 7.91. The number of rotatable bonds is 2. The van der Waals surface area contributed by atoms with Gasteiger partial charge in [-0.05, 0) is 0 Å². The van der Waals surface area contributed by atoms with Crippen molar-refractivity contribution in [2.75, 3.05) is 0 Å². The van der Waals surface area contributed by atoms with E-state index in [1.807, 2.05) is 18.5 Å². The lowest BCUT2D eigenvalue weighted by atomic mass is 10.7. The minimum absolute atomic E-state index is 0. The first-order valence-corrected chi connectivity index (χ1v) is 2.93. The van der Waals surface area contributed by atoms with Gasteiger partial charge in [-0.1, -0.05) is 6.58 Å². The second-order valence-electron chi connectivity index (χ2n) is 1.87. The summed E-state index contributed by atoms with van der Waals surface area (Å²) in [6, 6.07) is 2.04. The Hall–Kier alpha value is -1.08. The van der Waals surface area contributed by atoms with Crippen LogP contribution >= 0.6 is 0 Å². The van der Waals surface area contributed by atoms with Crippen molar-refractivity contribution in [1.29, 1.82) is 5.26 Å². The van der Waals surface area contributed by atoms with E-state index in [1.54, 1.807) is 21.7 Å². The minimum Gasteiger partial charge on any atom is -1.00 e. The molecule has 0 aliphatic rings. The van der Waals surface area contributed by atoms with E-state index in [9.17, 15) is 0 Å². The van der Waals surface area contributed by atoms with Gasteiger partial charge in [0.1, 0.15) is 18.5 Å². The first kappa shape index (κ1) is 9.92. The molecule has 0 unspecified atom stereocenters. The quantitative estimate of drug-likeness (QED) is 0.497. The Labute approximate surface area is 76.0 Å². The van der Waals surface area contributed by atoms with Gasteiger partial charge in [0.15, 0.2) is 6.54 Å². The predicted octanol–water partition coefficient (Wildman–Crippen LogP) is -2.60. The van der Waals surface area contributed by atoms with Crippen molar-refractivity contribution in [3.05, 3.63) is 25.3 Å². The molecule has 1 aromatic rings. The van der Waals surface area contributed by atoms with Crippen molar-refractivity contribution < 1.29 is 21.5 Å². The fourth-order valence-corrected chi connectivity index (χ4v) is 0.694. The summed E-state index contributed by atoms with van der Waals surface area (Å²) < 4.78 is 3.57. The molecule has 0 spiro atoms. The smallest absolute Gasteiger partial charge is 0.249 e. The molecule has 0 aliphatic heterocycles. The van der Waals surface area contributed by atoms with Crippen molar-refractivity contribution in [2.45, 2.75) is 6.54 Å². The van der Waals surface area contributed by atoms with Gasteiger partial charge in [-0.3, -0.25) is 0 Å². The van der Waals surface area contributed by atoms with Crippen molar-refractivity contribution in [3.63, 3.8) is 0 Å². The largest absolute Gasteiger partial charge is 1.00 e. The van der Waals surface area contributed by atoms with Gasteiger partial charge in [0.25, 0.3) is 0 Å². The Balaban J connectivity index is 0.000001000. The molecule has 1 heterocycles. The van der Waals surface area contributed by atoms with E-state index in [1.165, 1.54) is 0 Å². The molecule has 0 aromatic carbocycles. The van der Waals surface area contributed by atoms with Crippen LogP contribution in [0.1, 0.15) is 0 Å². The van der Waals surface area contributed by atoms with Crippen LogP contribution in [0.5, 0.6) is 0 Å². The standard InChI is InChI=1S/C7H8N3.BrH/c1-2-9-5-6-10(7-9)4-3-8;/h2,5-7H,1,4H2;1H/q+1;/p-1. The Morgan fingerprint density at radius 3 is 2.91 bits per heavy atom. The summed E-state index contributed by atoms with van der Waals surface area (Å²) in [5.41, 5.74) is 0. The lowest BCUT2D eigenvalue weighted by Crippen LogP contribution is -3.00. The number of hydrogen-bond donors (Lipinski definition) is 0. The third-order valence-corrected chi connectivity index (χ3v) is 1.18. The Bertz CT molecular complexity index is 271. The second kappa shape index (κ2) is 4.69. The zero-order valence-corrected chi connectivity index (χ0v) is 7.53. The molecule has 0 radical (unpaired) electrons. The SMILES string of the molecule is C=C[n+]1ccn(CC#N)c1.[Br-]. The number of nitriles is 1. The molecule has 0 bridgehead atoms. The van der Waals surface area contributed by atoms with E-state index in [0.717, 1.165) is 0 Å². The summed E-state index contributed by atoms with van der Waals surface area (Å²) in [5, 5.41) is 8.30. The molecule has 4 heteroatoms. The van der Waals surface area contributed by atoms with E-state index in [-0.39, 0.29) is 17.0 Å². The molecule has 0 amide bonds. The van der Waals surface area contributed by atoms with E-state index in [4.69, 9.17) is 5.26 Å². The third-order valence-electron chi connectivity index (χ3n) is 1.18. The highest BCUT2D eigenvalue weighted by Crippen LogP contribution is 1.81. The van der Waals surface area contributed by atoms with Gasteiger partial charge >= 0.3 is 0 Å².